The summed E-state index contributed by atoms with van der Waals surface area (Å²) in [6.07, 6.45) is 3.65. The van der Waals surface area contributed by atoms with Crippen LogP contribution in [0.1, 0.15) is 11.4 Å². The molecule has 0 spiro atoms. The third-order valence-electron chi connectivity index (χ3n) is 3.71. The number of carbonyl (C=O) groups is 1. The number of nitrogens with one attached hydrogen (secondary N) is 1. The molecule has 0 bridgehead atoms. The minimum atomic E-state index is -0.235. The Kier molecular flexibility index (Phi) is 6.22. The van der Waals surface area contributed by atoms with Crippen LogP contribution in [0.4, 0.5) is 5.69 Å². The number of aromatic nitrogens is 2. The van der Waals surface area contributed by atoms with Crippen LogP contribution in [-0.4, -0.2) is 23.0 Å². The van der Waals surface area contributed by atoms with Crippen LogP contribution in [0.25, 0.3) is 0 Å². The predicted octanol–water partition coefficient (Wildman–Crippen LogP) is 4.35. The SMILES string of the molecule is C=CC(=O)Nc1cccc(Sc2ccnc(Cc3ccc(OC)cc3)n2)c1. The fraction of sp³-hybridized carbons (Fsp3) is 0.0952. The zero-order valence-electron chi connectivity index (χ0n) is 14.9. The lowest BCUT2D eigenvalue weighted by Crippen LogP contribution is -2.06. The van der Waals surface area contributed by atoms with Gasteiger partial charge >= 0.3 is 0 Å². The second-order valence-corrected chi connectivity index (χ2v) is 6.75. The van der Waals surface area contributed by atoms with Crippen molar-refractivity contribution in [3.63, 3.8) is 0 Å². The summed E-state index contributed by atoms with van der Waals surface area (Å²) in [6, 6.07) is 17.3. The molecule has 1 aromatic heterocycles. The van der Waals surface area contributed by atoms with Gasteiger partial charge in [0.1, 0.15) is 16.6 Å². The fourth-order valence-electron chi connectivity index (χ4n) is 2.40. The van der Waals surface area contributed by atoms with E-state index in [-0.39, 0.29) is 5.91 Å². The molecule has 0 radical (unpaired) electrons. The lowest BCUT2D eigenvalue weighted by molar-refractivity contribution is -0.111. The van der Waals surface area contributed by atoms with E-state index >= 15 is 0 Å². The lowest BCUT2D eigenvalue weighted by Gasteiger charge is -2.07. The summed E-state index contributed by atoms with van der Waals surface area (Å²) in [7, 11) is 1.65. The molecule has 3 rings (SSSR count). The zero-order chi connectivity index (χ0) is 19.1. The molecular formula is C21H19N3O2S. The summed E-state index contributed by atoms with van der Waals surface area (Å²) in [4.78, 5) is 21.4. The molecule has 0 saturated carbocycles. The number of amides is 1. The topological polar surface area (TPSA) is 64.1 Å². The van der Waals surface area contributed by atoms with Crippen molar-refractivity contribution in [2.75, 3.05) is 12.4 Å². The molecule has 2 aromatic carbocycles. The van der Waals surface area contributed by atoms with Crippen LogP contribution < -0.4 is 10.1 Å². The van der Waals surface area contributed by atoms with Gasteiger partial charge in [0.15, 0.2) is 0 Å². The van der Waals surface area contributed by atoms with E-state index in [1.807, 2.05) is 54.6 Å². The van der Waals surface area contributed by atoms with Crippen molar-refractivity contribution >= 4 is 23.4 Å². The highest BCUT2D eigenvalue weighted by molar-refractivity contribution is 7.99. The van der Waals surface area contributed by atoms with Crippen LogP contribution in [0.15, 0.2) is 83.4 Å². The molecule has 1 amide bonds. The maximum atomic E-state index is 11.4. The standard InChI is InChI=1S/C21H19N3O2S/c1-3-20(25)23-16-5-4-6-18(14-16)27-21-11-12-22-19(24-21)13-15-7-9-17(26-2)10-8-15/h3-12,14H,1,13H2,2H3,(H,23,25). The summed E-state index contributed by atoms with van der Waals surface area (Å²) < 4.78 is 5.18. The number of ether oxygens (including phenoxy) is 1. The highest BCUT2D eigenvalue weighted by Crippen LogP contribution is 2.28. The third-order valence-corrected chi connectivity index (χ3v) is 4.64. The largest absolute Gasteiger partial charge is 0.497 e. The van der Waals surface area contributed by atoms with Crippen molar-refractivity contribution < 1.29 is 9.53 Å². The Morgan fingerprint density at radius 1 is 1.22 bits per heavy atom. The molecule has 1 N–H and O–H groups in total. The number of hydrogen-bond acceptors (Lipinski definition) is 5. The average Bonchev–Trinajstić information content (AvgIpc) is 2.69. The minimum Gasteiger partial charge on any atom is -0.497 e. The second-order valence-electron chi connectivity index (χ2n) is 5.66. The van der Waals surface area contributed by atoms with E-state index in [4.69, 9.17) is 4.74 Å². The third kappa shape index (κ3) is 5.43. The first kappa shape index (κ1) is 18.7. The number of hydrogen-bond donors (Lipinski definition) is 1. The van der Waals surface area contributed by atoms with Crippen LogP contribution in [0.3, 0.4) is 0 Å². The average molecular weight is 377 g/mol. The highest BCUT2D eigenvalue weighted by atomic mass is 32.2. The van der Waals surface area contributed by atoms with Crippen molar-refractivity contribution in [1.82, 2.24) is 9.97 Å². The summed E-state index contributed by atoms with van der Waals surface area (Å²) in [5.41, 5.74) is 1.84. The van der Waals surface area contributed by atoms with Gasteiger partial charge < -0.3 is 10.1 Å². The van der Waals surface area contributed by atoms with Crippen molar-refractivity contribution in [1.29, 1.82) is 0 Å². The van der Waals surface area contributed by atoms with E-state index in [9.17, 15) is 4.79 Å². The van der Waals surface area contributed by atoms with Gasteiger partial charge in [-0.2, -0.15) is 0 Å². The highest BCUT2D eigenvalue weighted by Gasteiger charge is 2.05. The molecule has 0 aliphatic carbocycles. The molecule has 136 valence electrons. The van der Waals surface area contributed by atoms with Gasteiger partial charge in [0.25, 0.3) is 0 Å². The predicted molar refractivity (Wildman–Crippen MR) is 107 cm³/mol. The maximum Gasteiger partial charge on any atom is 0.247 e. The molecule has 0 fully saturated rings. The molecule has 3 aromatic rings. The van der Waals surface area contributed by atoms with Crippen molar-refractivity contribution in [3.05, 3.63) is 84.8 Å². The number of rotatable bonds is 7. The van der Waals surface area contributed by atoms with Gasteiger partial charge in [0.2, 0.25) is 5.91 Å². The molecule has 0 saturated heterocycles. The molecule has 1 heterocycles. The van der Waals surface area contributed by atoms with Gasteiger partial charge in [-0.25, -0.2) is 9.97 Å². The Morgan fingerprint density at radius 2 is 2.04 bits per heavy atom. The number of benzene rings is 2. The van der Waals surface area contributed by atoms with Gasteiger partial charge in [0, 0.05) is 23.2 Å². The van der Waals surface area contributed by atoms with E-state index in [0.717, 1.165) is 32.7 Å². The van der Waals surface area contributed by atoms with Gasteiger partial charge in [-0.3, -0.25) is 4.79 Å². The van der Waals surface area contributed by atoms with Gasteiger partial charge in [-0.05, 0) is 48.0 Å². The van der Waals surface area contributed by atoms with Crippen molar-refractivity contribution in [2.45, 2.75) is 16.3 Å². The first-order valence-corrected chi connectivity index (χ1v) is 9.14. The summed E-state index contributed by atoms with van der Waals surface area (Å²) >= 11 is 1.52. The summed E-state index contributed by atoms with van der Waals surface area (Å²) in [5.74, 6) is 1.34. The van der Waals surface area contributed by atoms with E-state index in [1.54, 1.807) is 13.3 Å². The maximum absolute atomic E-state index is 11.4. The molecular weight excluding hydrogens is 358 g/mol. The summed E-state index contributed by atoms with van der Waals surface area (Å²) in [6.45, 7) is 3.46. The van der Waals surface area contributed by atoms with Crippen LogP contribution >= 0.6 is 11.8 Å². The van der Waals surface area contributed by atoms with E-state index in [1.165, 1.54) is 17.8 Å². The first-order valence-electron chi connectivity index (χ1n) is 8.32. The molecule has 27 heavy (non-hydrogen) atoms. The van der Waals surface area contributed by atoms with E-state index in [2.05, 4.69) is 21.9 Å². The monoisotopic (exact) mass is 377 g/mol. The number of nitrogens with zero attached hydrogens (tertiary/aromatic N) is 2. The molecule has 0 unspecified atom stereocenters. The number of methoxy groups -OCH3 is 1. The zero-order valence-corrected chi connectivity index (χ0v) is 15.7. The molecule has 0 aliphatic heterocycles. The summed E-state index contributed by atoms with van der Waals surface area (Å²) in [5, 5.41) is 3.61. The molecule has 6 heteroatoms. The van der Waals surface area contributed by atoms with Crippen LogP contribution in [0.2, 0.25) is 0 Å². The van der Waals surface area contributed by atoms with Crippen molar-refractivity contribution in [3.8, 4) is 5.75 Å². The molecule has 5 nitrogen and oxygen atoms in total. The van der Waals surface area contributed by atoms with Crippen LogP contribution in [-0.2, 0) is 11.2 Å². The Hall–Kier alpha value is -3.12. The molecule has 0 atom stereocenters. The normalized spacial score (nSPS) is 10.3. The van der Waals surface area contributed by atoms with Crippen LogP contribution in [0.5, 0.6) is 5.75 Å². The molecule has 0 aliphatic rings. The van der Waals surface area contributed by atoms with E-state index in [0.29, 0.717) is 6.42 Å². The number of carbonyl (C=O) groups excluding carboxylic acids is 1. The number of anilines is 1. The van der Waals surface area contributed by atoms with Gasteiger partial charge in [0.05, 0.1) is 7.11 Å². The first-order chi connectivity index (χ1) is 13.2. The fourth-order valence-corrected chi connectivity index (χ4v) is 3.25. The second kappa shape index (κ2) is 9.00. The van der Waals surface area contributed by atoms with Crippen molar-refractivity contribution in [2.24, 2.45) is 0 Å². The van der Waals surface area contributed by atoms with Gasteiger partial charge in [-0.15, -0.1) is 0 Å². The quantitative estimate of drug-likeness (QED) is 0.490. The Bertz CT molecular complexity index is 942. The minimum absolute atomic E-state index is 0.235. The Balaban J connectivity index is 1.71. The van der Waals surface area contributed by atoms with Crippen LogP contribution in [0, 0.1) is 0 Å². The van der Waals surface area contributed by atoms with Gasteiger partial charge in [-0.1, -0.05) is 36.5 Å². The van der Waals surface area contributed by atoms with E-state index < -0.39 is 0 Å². The Morgan fingerprint density at radius 3 is 2.78 bits per heavy atom. The lowest BCUT2D eigenvalue weighted by atomic mass is 10.1. The Labute approximate surface area is 162 Å². The smallest absolute Gasteiger partial charge is 0.247 e.